The second-order valence-corrected chi connectivity index (χ2v) is 10.9. The quantitative estimate of drug-likeness (QED) is 0.233. The molecule has 0 bridgehead atoms. The number of carbonyl (C=O) groups is 1. The SMILES string of the molecule is C[C@@H](NC(=O)c1ccc(Oc2ncc(Cl)cc2NS(=O)(=O)c2ccc(Cl)c(Cl)c2)cc1)c1ccccc1. The van der Waals surface area contributed by atoms with E-state index < -0.39 is 10.0 Å². The van der Waals surface area contributed by atoms with Crippen molar-refractivity contribution in [3.8, 4) is 11.6 Å². The first-order valence-electron chi connectivity index (χ1n) is 10.9. The standard InChI is InChI=1S/C26H20Cl3N3O4S/c1-16(17-5-3-2-4-6-17)31-25(33)18-7-9-20(10-8-18)36-26-24(13-19(27)15-30-26)32-37(34,35)21-11-12-22(28)23(29)14-21/h2-16,32H,1H3,(H,31,33)/t16-/m1/s1. The van der Waals surface area contributed by atoms with E-state index in [-0.39, 0.29) is 43.5 Å². The summed E-state index contributed by atoms with van der Waals surface area (Å²) in [6.07, 6.45) is 1.32. The molecule has 0 saturated heterocycles. The van der Waals surface area contributed by atoms with Crippen LogP contribution in [0.1, 0.15) is 28.9 Å². The summed E-state index contributed by atoms with van der Waals surface area (Å²) in [5.41, 5.74) is 1.43. The fraction of sp³-hybridized carbons (Fsp3) is 0.0769. The maximum absolute atomic E-state index is 12.9. The molecule has 0 fully saturated rings. The van der Waals surface area contributed by atoms with Gasteiger partial charge in [0.15, 0.2) is 0 Å². The van der Waals surface area contributed by atoms with Crippen molar-refractivity contribution in [1.29, 1.82) is 0 Å². The second kappa shape index (κ2) is 11.4. The van der Waals surface area contributed by atoms with Crippen molar-refractivity contribution >= 4 is 56.4 Å². The van der Waals surface area contributed by atoms with Gasteiger partial charge in [-0.25, -0.2) is 13.4 Å². The van der Waals surface area contributed by atoms with Crippen molar-refractivity contribution in [2.75, 3.05) is 4.72 Å². The van der Waals surface area contributed by atoms with Crippen molar-refractivity contribution in [3.63, 3.8) is 0 Å². The first-order chi connectivity index (χ1) is 17.6. The highest BCUT2D eigenvalue weighted by Crippen LogP contribution is 2.32. The van der Waals surface area contributed by atoms with E-state index in [4.69, 9.17) is 39.5 Å². The van der Waals surface area contributed by atoms with Crippen LogP contribution < -0.4 is 14.8 Å². The zero-order valence-corrected chi connectivity index (χ0v) is 22.4. The predicted octanol–water partition coefficient (Wildman–Crippen LogP) is 7.13. The molecule has 37 heavy (non-hydrogen) atoms. The summed E-state index contributed by atoms with van der Waals surface area (Å²) in [7, 11) is -4.06. The Labute approximate surface area is 229 Å². The van der Waals surface area contributed by atoms with E-state index in [1.165, 1.54) is 30.5 Å². The topological polar surface area (TPSA) is 97.4 Å². The number of carbonyl (C=O) groups excluding carboxylic acids is 1. The second-order valence-electron chi connectivity index (χ2n) is 7.92. The molecule has 0 spiro atoms. The van der Waals surface area contributed by atoms with Crippen LogP contribution in [0.3, 0.4) is 0 Å². The van der Waals surface area contributed by atoms with Crippen molar-refractivity contribution in [2.24, 2.45) is 0 Å². The van der Waals surface area contributed by atoms with E-state index in [2.05, 4.69) is 15.0 Å². The molecule has 190 valence electrons. The lowest BCUT2D eigenvalue weighted by molar-refractivity contribution is 0.0940. The lowest BCUT2D eigenvalue weighted by Crippen LogP contribution is -2.26. The van der Waals surface area contributed by atoms with Crippen LogP contribution in [0.25, 0.3) is 0 Å². The summed E-state index contributed by atoms with van der Waals surface area (Å²) in [5, 5.41) is 3.45. The summed E-state index contributed by atoms with van der Waals surface area (Å²) in [6, 6.07) is 21.1. The number of anilines is 1. The minimum absolute atomic E-state index is 0.0112. The Bertz CT molecular complexity index is 1530. The van der Waals surface area contributed by atoms with Gasteiger partial charge >= 0.3 is 0 Å². The van der Waals surface area contributed by atoms with Gasteiger partial charge in [0.1, 0.15) is 11.4 Å². The van der Waals surface area contributed by atoms with Gasteiger partial charge in [-0.2, -0.15) is 0 Å². The molecule has 4 rings (SSSR count). The van der Waals surface area contributed by atoms with E-state index in [1.54, 1.807) is 24.3 Å². The molecule has 0 radical (unpaired) electrons. The number of halogens is 3. The van der Waals surface area contributed by atoms with Crippen LogP contribution in [-0.2, 0) is 10.0 Å². The normalized spacial score (nSPS) is 12.0. The van der Waals surface area contributed by atoms with Crippen LogP contribution in [-0.4, -0.2) is 19.3 Å². The minimum Gasteiger partial charge on any atom is -0.437 e. The Kier molecular flexibility index (Phi) is 8.24. The number of benzene rings is 3. The largest absolute Gasteiger partial charge is 0.437 e. The molecule has 1 amide bonds. The molecule has 1 atom stereocenters. The zero-order chi connectivity index (χ0) is 26.6. The molecule has 3 aromatic carbocycles. The molecule has 0 aliphatic heterocycles. The highest BCUT2D eigenvalue weighted by molar-refractivity contribution is 7.92. The van der Waals surface area contributed by atoms with Gasteiger partial charge in [0.2, 0.25) is 5.88 Å². The van der Waals surface area contributed by atoms with Crippen molar-refractivity contribution in [1.82, 2.24) is 10.3 Å². The van der Waals surface area contributed by atoms with Gasteiger partial charge in [0.05, 0.1) is 26.0 Å². The van der Waals surface area contributed by atoms with Gasteiger partial charge in [-0.15, -0.1) is 0 Å². The van der Waals surface area contributed by atoms with E-state index in [0.717, 1.165) is 5.56 Å². The molecular formula is C26H20Cl3N3O4S. The van der Waals surface area contributed by atoms with Gasteiger partial charge < -0.3 is 10.1 Å². The fourth-order valence-electron chi connectivity index (χ4n) is 3.32. The van der Waals surface area contributed by atoms with Crippen molar-refractivity contribution < 1.29 is 17.9 Å². The number of nitrogens with one attached hydrogen (secondary N) is 2. The lowest BCUT2D eigenvalue weighted by atomic mass is 10.1. The van der Waals surface area contributed by atoms with Gasteiger partial charge in [-0.05, 0) is 61.0 Å². The van der Waals surface area contributed by atoms with E-state index in [1.807, 2.05) is 37.3 Å². The zero-order valence-electron chi connectivity index (χ0n) is 19.3. The van der Waals surface area contributed by atoms with Crippen LogP contribution in [0, 0.1) is 0 Å². The summed E-state index contributed by atoms with van der Waals surface area (Å²) < 4.78 is 34.0. The Morgan fingerprint density at radius 1 is 0.919 bits per heavy atom. The molecule has 1 heterocycles. The highest BCUT2D eigenvalue weighted by atomic mass is 35.5. The van der Waals surface area contributed by atoms with Gasteiger partial charge in [-0.3, -0.25) is 9.52 Å². The van der Waals surface area contributed by atoms with Crippen LogP contribution in [0.5, 0.6) is 11.6 Å². The average Bonchev–Trinajstić information content (AvgIpc) is 2.88. The Hall–Kier alpha value is -3.30. The first-order valence-corrected chi connectivity index (χ1v) is 13.5. The third-order valence-electron chi connectivity index (χ3n) is 5.24. The van der Waals surface area contributed by atoms with Gasteiger partial charge in [0, 0.05) is 11.8 Å². The minimum atomic E-state index is -4.06. The first kappa shape index (κ1) is 26.8. The molecule has 0 unspecified atom stereocenters. The van der Waals surface area contributed by atoms with E-state index in [9.17, 15) is 13.2 Å². The summed E-state index contributed by atoms with van der Waals surface area (Å²) in [4.78, 5) is 16.7. The van der Waals surface area contributed by atoms with Crippen LogP contribution >= 0.6 is 34.8 Å². The number of amides is 1. The summed E-state index contributed by atoms with van der Waals surface area (Å²) in [6.45, 7) is 1.90. The molecule has 11 heteroatoms. The molecule has 0 saturated carbocycles. The average molecular weight is 577 g/mol. The number of sulfonamides is 1. The third kappa shape index (κ3) is 6.72. The number of nitrogens with zero attached hydrogens (tertiary/aromatic N) is 1. The van der Waals surface area contributed by atoms with E-state index in [0.29, 0.717) is 11.3 Å². The fourth-order valence-corrected chi connectivity index (χ4v) is 4.91. The number of hydrogen-bond donors (Lipinski definition) is 2. The molecule has 4 aromatic rings. The monoisotopic (exact) mass is 575 g/mol. The number of aromatic nitrogens is 1. The Morgan fingerprint density at radius 2 is 1.62 bits per heavy atom. The van der Waals surface area contributed by atoms with Crippen LogP contribution in [0.15, 0.2) is 90.0 Å². The van der Waals surface area contributed by atoms with E-state index >= 15 is 0 Å². The molecule has 2 N–H and O–H groups in total. The molecule has 0 aliphatic rings. The van der Waals surface area contributed by atoms with Crippen LogP contribution in [0.2, 0.25) is 15.1 Å². The number of pyridine rings is 1. The molecule has 0 aliphatic carbocycles. The molecular weight excluding hydrogens is 557 g/mol. The van der Waals surface area contributed by atoms with Gasteiger partial charge in [0.25, 0.3) is 15.9 Å². The summed E-state index contributed by atoms with van der Waals surface area (Å²) in [5.74, 6) is 0.0444. The Morgan fingerprint density at radius 3 is 2.30 bits per heavy atom. The maximum Gasteiger partial charge on any atom is 0.262 e. The number of rotatable bonds is 8. The lowest BCUT2D eigenvalue weighted by Gasteiger charge is -2.15. The maximum atomic E-state index is 12.9. The Balaban J connectivity index is 1.50. The predicted molar refractivity (Wildman–Crippen MR) is 145 cm³/mol. The van der Waals surface area contributed by atoms with Gasteiger partial charge in [-0.1, -0.05) is 65.1 Å². The third-order valence-corrected chi connectivity index (χ3v) is 7.55. The highest BCUT2D eigenvalue weighted by Gasteiger charge is 2.20. The van der Waals surface area contributed by atoms with Crippen molar-refractivity contribution in [2.45, 2.75) is 17.9 Å². The summed E-state index contributed by atoms with van der Waals surface area (Å²) >= 11 is 17.9. The number of hydrogen-bond acceptors (Lipinski definition) is 5. The molecule has 1 aromatic heterocycles. The molecule has 7 nitrogen and oxygen atoms in total. The van der Waals surface area contributed by atoms with Crippen molar-refractivity contribution in [3.05, 3.63) is 111 Å². The smallest absolute Gasteiger partial charge is 0.262 e. The number of ether oxygens (including phenoxy) is 1. The van der Waals surface area contributed by atoms with Crippen LogP contribution in [0.4, 0.5) is 5.69 Å².